The van der Waals surface area contributed by atoms with Gasteiger partial charge in [-0.1, -0.05) is 13.3 Å². The molecule has 1 atom stereocenters. The number of amides is 1. The number of hydrogen-bond donors (Lipinski definition) is 2. The summed E-state index contributed by atoms with van der Waals surface area (Å²) in [5.41, 5.74) is 2.13. The van der Waals surface area contributed by atoms with Crippen LogP contribution in [0.3, 0.4) is 0 Å². The second-order valence-corrected chi connectivity index (χ2v) is 11.8. The van der Waals surface area contributed by atoms with E-state index >= 15 is 0 Å². The number of carbonyl (C=O) groups is 1. The summed E-state index contributed by atoms with van der Waals surface area (Å²) in [4.78, 5) is 21.9. The van der Waals surface area contributed by atoms with Crippen LogP contribution in [0.5, 0.6) is 0 Å². The molecule has 0 saturated heterocycles. The van der Waals surface area contributed by atoms with Gasteiger partial charge in [0, 0.05) is 32.3 Å². The van der Waals surface area contributed by atoms with Gasteiger partial charge >= 0.3 is 0 Å². The molecule has 3 aromatic heterocycles. The Balaban J connectivity index is 1.26. The van der Waals surface area contributed by atoms with Gasteiger partial charge in [-0.2, -0.15) is 8.78 Å². The summed E-state index contributed by atoms with van der Waals surface area (Å²) in [5, 5.41) is 14.8. The van der Waals surface area contributed by atoms with Gasteiger partial charge in [0.15, 0.2) is 0 Å². The van der Waals surface area contributed by atoms with Crippen LogP contribution in [-0.4, -0.2) is 36.7 Å². The zero-order valence-corrected chi connectivity index (χ0v) is 22.7. The topological polar surface area (TPSA) is 97.6 Å². The zero-order valence-electron chi connectivity index (χ0n) is 22.7. The molecule has 0 spiro atoms. The van der Waals surface area contributed by atoms with Crippen LogP contribution in [0.15, 0.2) is 30.9 Å². The van der Waals surface area contributed by atoms with Crippen LogP contribution < -0.4 is 10.6 Å². The summed E-state index contributed by atoms with van der Waals surface area (Å²) in [6, 6.07) is 3.86. The Bertz CT molecular complexity index is 1390. The Morgan fingerprint density at radius 3 is 2.69 bits per heavy atom. The van der Waals surface area contributed by atoms with Crippen LogP contribution in [0.4, 0.5) is 14.5 Å². The van der Waals surface area contributed by atoms with Crippen LogP contribution in [0.25, 0.3) is 0 Å². The van der Waals surface area contributed by atoms with Crippen molar-refractivity contribution in [2.24, 2.45) is 18.9 Å². The number of anilines is 1. The molecular formula is C29H35F2N7O. The molecule has 2 fully saturated rings. The molecule has 0 unspecified atom stereocenters. The van der Waals surface area contributed by atoms with Crippen LogP contribution >= 0.6 is 0 Å². The Morgan fingerprint density at radius 1 is 1.23 bits per heavy atom. The van der Waals surface area contributed by atoms with Crippen LogP contribution in [-0.2, 0) is 31.4 Å². The SMILES string of the molecule is CC1CC(c2cncc(NC(=O)c3cc(CN[C@@H](C)C4CCC4)c4c(n3)C(F)(F)CC4)c2)(c2nncn2C)C1. The molecule has 3 heterocycles. The lowest BCUT2D eigenvalue weighted by Crippen LogP contribution is -2.43. The molecule has 6 rings (SSSR count). The molecule has 0 aromatic carbocycles. The van der Waals surface area contributed by atoms with Gasteiger partial charge in [-0.05, 0) is 79.7 Å². The van der Waals surface area contributed by atoms with Gasteiger partial charge in [-0.25, -0.2) is 4.98 Å². The molecule has 1 amide bonds. The Labute approximate surface area is 227 Å². The van der Waals surface area contributed by atoms with Crippen molar-refractivity contribution in [3.05, 3.63) is 64.8 Å². The fraction of sp³-hybridized carbons (Fsp3) is 0.552. The van der Waals surface area contributed by atoms with E-state index in [1.807, 2.05) is 17.7 Å². The summed E-state index contributed by atoms with van der Waals surface area (Å²) < 4.78 is 31.5. The van der Waals surface area contributed by atoms with E-state index in [9.17, 15) is 13.6 Å². The number of nitrogens with one attached hydrogen (secondary N) is 2. The van der Waals surface area contributed by atoms with Crippen molar-refractivity contribution >= 4 is 11.6 Å². The third kappa shape index (κ3) is 4.62. The molecule has 0 radical (unpaired) electrons. The van der Waals surface area contributed by atoms with Crippen LogP contribution in [0, 0.1) is 11.8 Å². The standard InChI is InChI=1S/C29H35F2N7O/c1-17-11-28(12-17,27-37-34-16-38(27)3)21-10-22(15-32-14-21)35-26(39)24-9-20(13-33-18(2)19-5-4-6-19)23-7-8-29(30,31)25(23)36-24/h9-10,14-19,33H,4-8,11-13H2,1-3H3,(H,35,39)/t17?,18-,28?/m0/s1. The third-order valence-corrected chi connectivity index (χ3v) is 9.04. The van der Waals surface area contributed by atoms with E-state index in [1.54, 1.807) is 24.8 Å². The fourth-order valence-corrected chi connectivity index (χ4v) is 6.62. The van der Waals surface area contributed by atoms with Gasteiger partial charge in [0.05, 0.1) is 17.3 Å². The number of aryl methyl sites for hydroxylation is 1. The minimum absolute atomic E-state index is 0.00546. The van der Waals surface area contributed by atoms with E-state index in [0.29, 0.717) is 35.7 Å². The quantitative estimate of drug-likeness (QED) is 0.426. The second-order valence-electron chi connectivity index (χ2n) is 11.8. The van der Waals surface area contributed by atoms with Gasteiger partial charge in [-0.15, -0.1) is 10.2 Å². The molecule has 2 saturated carbocycles. The third-order valence-electron chi connectivity index (χ3n) is 9.04. The lowest BCUT2D eigenvalue weighted by atomic mass is 9.59. The maximum absolute atomic E-state index is 14.8. The predicted octanol–water partition coefficient (Wildman–Crippen LogP) is 4.89. The Kier molecular flexibility index (Phi) is 6.48. The minimum atomic E-state index is -3.04. The number of pyridine rings is 2. The highest BCUT2D eigenvalue weighted by atomic mass is 19.3. The number of fused-ring (bicyclic) bond motifs is 1. The lowest BCUT2D eigenvalue weighted by molar-refractivity contribution is -0.00602. The Hall–Kier alpha value is -3.27. The molecule has 0 aliphatic heterocycles. The van der Waals surface area contributed by atoms with Crippen molar-refractivity contribution in [1.82, 2.24) is 30.0 Å². The Morgan fingerprint density at radius 2 is 2.03 bits per heavy atom. The molecule has 0 bridgehead atoms. The van der Waals surface area contributed by atoms with E-state index in [2.05, 4.69) is 44.6 Å². The maximum atomic E-state index is 14.8. The minimum Gasteiger partial charge on any atom is -0.320 e. The highest BCUT2D eigenvalue weighted by Gasteiger charge is 2.48. The monoisotopic (exact) mass is 535 g/mol. The molecule has 39 heavy (non-hydrogen) atoms. The van der Waals surface area contributed by atoms with Gasteiger partial charge in [-0.3, -0.25) is 9.78 Å². The molecule has 3 aliphatic rings. The van der Waals surface area contributed by atoms with Crippen molar-refractivity contribution < 1.29 is 13.6 Å². The number of alkyl halides is 2. The maximum Gasteiger partial charge on any atom is 0.290 e. The van der Waals surface area contributed by atoms with E-state index in [1.165, 1.54) is 19.3 Å². The summed E-state index contributed by atoms with van der Waals surface area (Å²) >= 11 is 0. The molecule has 10 heteroatoms. The van der Waals surface area contributed by atoms with E-state index in [-0.39, 0.29) is 29.6 Å². The van der Waals surface area contributed by atoms with Crippen molar-refractivity contribution in [3.8, 4) is 0 Å². The van der Waals surface area contributed by atoms with Crippen LogP contribution in [0.2, 0.25) is 0 Å². The molecule has 8 nitrogen and oxygen atoms in total. The smallest absolute Gasteiger partial charge is 0.290 e. The van der Waals surface area contributed by atoms with Crippen molar-refractivity contribution in [3.63, 3.8) is 0 Å². The van der Waals surface area contributed by atoms with E-state index in [4.69, 9.17) is 0 Å². The summed E-state index contributed by atoms with van der Waals surface area (Å²) in [5.74, 6) is -1.56. The first-order chi connectivity index (χ1) is 18.7. The predicted molar refractivity (Wildman–Crippen MR) is 142 cm³/mol. The number of aromatic nitrogens is 5. The van der Waals surface area contributed by atoms with E-state index in [0.717, 1.165) is 29.8 Å². The van der Waals surface area contributed by atoms with Gasteiger partial charge in [0.25, 0.3) is 11.8 Å². The van der Waals surface area contributed by atoms with Crippen molar-refractivity contribution in [2.45, 2.75) is 82.7 Å². The van der Waals surface area contributed by atoms with Crippen molar-refractivity contribution in [2.75, 3.05) is 5.32 Å². The number of nitrogens with zero attached hydrogens (tertiary/aromatic N) is 5. The average Bonchev–Trinajstić information content (AvgIpc) is 3.42. The summed E-state index contributed by atoms with van der Waals surface area (Å²) in [7, 11) is 1.92. The molecule has 3 aliphatic carbocycles. The molecule has 3 aromatic rings. The first-order valence-corrected chi connectivity index (χ1v) is 13.9. The number of rotatable bonds is 8. The molecule has 206 valence electrons. The van der Waals surface area contributed by atoms with Gasteiger partial charge in [0.1, 0.15) is 23.5 Å². The largest absolute Gasteiger partial charge is 0.320 e. The lowest BCUT2D eigenvalue weighted by Gasteiger charge is -2.45. The second kappa shape index (κ2) is 9.73. The first-order valence-electron chi connectivity index (χ1n) is 13.9. The highest BCUT2D eigenvalue weighted by molar-refractivity contribution is 6.03. The highest BCUT2D eigenvalue weighted by Crippen LogP contribution is 2.51. The summed E-state index contributed by atoms with van der Waals surface area (Å²) in [6.45, 7) is 4.78. The average molecular weight is 536 g/mol. The normalized spacial score (nSPS) is 24.5. The van der Waals surface area contributed by atoms with Gasteiger partial charge in [0.2, 0.25) is 0 Å². The van der Waals surface area contributed by atoms with E-state index < -0.39 is 11.8 Å². The molecular weight excluding hydrogens is 500 g/mol. The van der Waals surface area contributed by atoms with Crippen molar-refractivity contribution in [1.29, 1.82) is 0 Å². The van der Waals surface area contributed by atoms with Crippen LogP contribution in [0.1, 0.15) is 91.1 Å². The van der Waals surface area contributed by atoms with Gasteiger partial charge < -0.3 is 15.2 Å². The first kappa shape index (κ1) is 26.0. The number of carbonyl (C=O) groups excluding carboxylic acids is 1. The zero-order chi connectivity index (χ0) is 27.4. The summed E-state index contributed by atoms with van der Waals surface area (Å²) in [6.07, 6.45) is 10.5. The number of hydrogen-bond acceptors (Lipinski definition) is 6. The fourth-order valence-electron chi connectivity index (χ4n) is 6.62. The number of halogens is 2. The molecule has 2 N–H and O–H groups in total.